The lowest BCUT2D eigenvalue weighted by atomic mass is 10.2. The Bertz CT molecular complexity index is 630. The quantitative estimate of drug-likeness (QED) is 0.435. The number of amides is 1. The Labute approximate surface area is 148 Å². The maximum absolute atomic E-state index is 12.5. The first-order valence-electron chi connectivity index (χ1n) is 8.39. The molecule has 0 aromatic heterocycles. The molecule has 0 atom stereocenters. The summed E-state index contributed by atoms with van der Waals surface area (Å²) in [5, 5.41) is 3.50. The third kappa shape index (κ3) is 6.59. The van der Waals surface area contributed by atoms with E-state index in [0.29, 0.717) is 17.8 Å². The van der Waals surface area contributed by atoms with E-state index in [-0.39, 0.29) is 6.42 Å². The molecule has 2 aromatic carbocycles. The summed E-state index contributed by atoms with van der Waals surface area (Å²) in [5.74, 6) is -0.853. The van der Waals surface area contributed by atoms with Crippen molar-refractivity contribution in [3.05, 3.63) is 60.7 Å². The number of hydrogen-bond donors (Lipinski definition) is 0. The lowest BCUT2D eigenvalue weighted by Crippen LogP contribution is -2.26. The van der Waals surface area contributed by atoms with Gasteiger partial charge in [0.25, 0.3) is 5.91 Å². The summed E-state index contributed by atoms with van der Waals surface area (Å²) in [6.07, 6.45) is 1.95. The van der Waals surface area contributed by atoms with Gasteiger partial charge < -0.3 is 4.84 Å². The number of hydrogen-bond acceptors (Lipinski definition) is 4. The van der Waals surface area contributed by atoms with Crippen molar-refractivity contribution in [3.63, 3.8) is 0 Å². The van der Waals surface area contributed by atoms with Crippen LogP contribution in [-0.2, 0) is 14.4 Å². The highest BCUT2D eigenvalue weighted by Crippen LogP contribution is 2.24. The summed E-state index contributed by atoms with van der Waals surface area (Å²) < 4.78 is 0. The van der Waals surface area contributed by atoms with E-state index in [4.69, 9.17) is 0 Å². The van der Waals surface area contributed by atoms with E-state index < -0.39 is 11.9 Å². The van der Waals surface area contributed by atoms with Crippen molar-refractivity contribution in [1.82, 2.24) is 0 Å². The molecule has 0 aliphatic carbocycles. The van der Waals surface area contributed by atoms with Crippen LogP contribution in [-0.4, -0.2) is 18.1 Å². The molecule has 25 heavy (non-hydrogen) atoms. The zero-order chi connectivity index (χ0) is 18.5. The fraction of sp³-hybridized carbons (Fsp3) is 0.250. The number of carbonyl (C=O) groups excluding carboxylic acids is 2. The van der Waals surface area contributed by atoms with Crippen LogP contribution in [0, 0.1) is 0 Å². The molecule has 0 bridgehead atoms. The van der Waals surface area contributed by atoms with Gasteiger partial charge in [0.1, 0.15) is 6.21 Å². The Kier molecular flexibility index (Phi) is 9.30. The molecular weight excluding hydrogens is 316 g/mol. The highest BCUT2D eigenvalue weighted by Gasteiger charge is 2.16. The fourth-order valence-electron chi connectivity index (χ4n) is 2.00. The molecule has 0 radical (unpaired) electrons. The van der Waals surface area contributed by atoms with Crippen LogP contribution in [0.2, 0.25) is 0 Å². The van der Waals surface area contributed by atoms with Crippen LogP contribution in [0.25, 0.3) is 0 Å². The molecule has 0 fully saturated rings. The molecule has 1 amide bonds. The third-order valence-corrected chi connectivity index (χ3v) is 3.02. The minimum absolute atomic E-state index is 0.270. The van der Waals surface area contributed by atoms with Crippen LogP contribution in [0.15, 0.2) is 65.8 Å². The van der Waals surface area contributed by atoms with Crippen molar-refractivity contribution in [2.75, 3.05) is 4.90 Å². The summed E-state index contributed by atoms with van der Waals surface area (Å²) in [5.41, 5.74) is 1.41. The Morgan fingerprint density at radius 3 is 1.88 bits per heavy atom. The van der Waals surface area contributed by atoms with Crippen molar-refractivity contribution in [1.29, 1.82) is 0 Å². The molecule has 0 unspecified atom stereocenters. The molecule has 2 aromatic rings. The number of nitrogens with zero attached hydrogens (tertiary/aromatic N) is 2. The third-order valence-electron chi connectivity index (χ3n) is 3.02. The standard InChI is InChI=1S/C18H18N2O3.C2H6/c1-2-9-18(22)23-19-14-17(21)20(15-10-5-3-6-11-15)16-12-7-4-8-13-16;1-2/h3-8,10-14H,2,9H2,1H3;1-2H3/b19-14-;. The van der Waals surface area contributed by atoms with Gasteiger partial charge in [-0.05, 0) is 30.7 Å². The second-order valence-corrected chi connectivity index (χ2v) is 4.79. The predicted molar refractivity (Wildman–Crippen MR) is 101 cm³/mol. The van der Waals surface area contributed by atoms with Gasteiger partial charge in [0.15, 0.2) is 0 Å². The average Bonchev–Trinajstić information content (AvgIpc) is 2.66. The smallest absolute Gasteiger partial charge is 0.318 e. The lowest BCUT2D eigenvalue weighted by molar-refractivity contribution is -0.143. The zero-order valence-electron chi connectivity index (χ0n) is 14.9. The first-order chi connectivity index (χ1) is 12.2. The first-order valence-corrected chi connectivity index (χ1v) is 8.39. The van der Waals surface area contributed by atoms with Crippen LogP contribution in [0.4, 0.5) is 11.4 Å². The molecule has 0 aliphatic heterocycles. The van der Waals surface area contributed by atoms with E-state index in [1.54, 1.807) is 0 Å². The molecule has 0 saturated carbocycles. The molecule has 0 N–H and O–H groups in total. The first kappa shape index (κ1) is 20.1. The van der Waals surface area contributed by atoms with Crippen molar-refractivity contribution >= 4 is 29.5 Å². The van der Waals surface area contributed by atoms with Crippen LogP contribution in [0.5, 0.6) is 0 Å². The van der Waals surface area contributed by atoms with Crippen molar-refractivity contribution in [2.45, 2.75) is 33.6 Å². The van der Waals surface area contributed by atoms with Crippen LogP contribution in [0.1, 0.15) is 33.6 Å². The normalized spacial score (nSPS) is 9.88. The number of benzene rings is 2. The molecule has 0 saturated heterocycles. The molecular formula is C20H24N2O3. The highest BCUT2D eigenvalue weighted by molar-refractivity contribution is 6.34. The van der Waals surface area contributed by atoms with E-state index >= 15 is 0 Å². The second-order valence-electron chi connectivity index (χ2n) is 4.79. The summed E-state index contributed by atoms with van der Waals surface area (Å²) in [4.78, 5) is 29.9. The fourth-order valence-corrected chi connectivity index (χ4v) is 2.00. The summed E-state index contributed by atoms with van der Waals surface area (Å²) >= 11 is 0. The van der Waals surface area contributed by atoms with Crippen molar-refractivity contribution in [2.24, 2.45) is 5.16 Å². The topological polar surface area (TPSA) is 59.0 Å². The van der Waals surface area contributed by atoms with E-state index in [2.05, 4.69) is 9.99 Å². The molecule has 132 valence electrons. The molecule has 0 spiro atoms. The van der Waals surface area contributed by atoms with E-state index in [1.165, 1.54) is 4.90 Å². The van der Waals surface area contributed by atoms with Crippen molar-refractivity contribution < 1.29 is 14.4 Å². The van der Waals surface area contributed by atoms with Crippen LogP contribution < -0.4 is 4.90 Å². The van der Waals surface area contributed by atoms with Crippen molar-refractivity contribution in [3.8, 4) is 0 Å². The largest absolute Gasteiger partial charge is 0.335 e. The Balaban J connectivity index is 0.00000151. The number of para-hydroxylation sites is 2. The number of anilines is 2. The zero-order valence-corrected chi connectivity index (χ0v) is 14.9. The minimum Gasteiger partial charge on any atom is -0.318 e. The molecule has 5 heteroatoms. The van der Waals surface area contributed by atoms with Gasteiger partial charge in [-0.2, -0.15) is 0 Å². The number of carbonyl (C=O) groups is 2. The van der Waals surface area contributed by atoms with Crippen LogP contribution >= 0.6 is 0 Å². The number of rotatable bonds is 6. The Morgan fingerprint density at radius 1 is 0.960 bits per heavy atom. The van der Waals surface area contributed by atoms with Gasteiger partial charge in [-0.25, -0.2) is 4.79 Å². The van der Waals surface area contributed by atoms with Gasteiger partial charge in [-0.15, -0.1) is 0 Å². The maximum Gasteiger partial charge on any atom is 0.335 e. The minimum atomic E-state index is -0.456. The summed E-state index contributed by atoms with van der Waals surface area (Å²) in [6.45, 7) is 5.86. The van der Waals surface area contributed by atoms with Gasteiger partial charge in [0.05, 0.1) is 0 Å². The van der Waals surface area contributed by atoms with E-state index in [1.807, 2.05) is 81.4 Å². The SMILES string of the molecule is CC.CCCC(=O)O/N=C\C(=O)N(c1ccccc1)c1ccccc1. The monoisotopic (exact) mass is 340 g/mol. The molecule has 0 aliphatic rings. The summed E-state index contributed by atoms with van der Waals surface area (Å²) in [7, 11) is 0. The predicted octanol–water partition coefficient (Wildman–Crippen LogP) is 4.71. The second kappa shape index (κ2) is 11.6. The Morgan fingerprint density at radius 2 is 1.44 bits per heavy atom. The molecule has 0 heterocycles. The van der Waals surface area contributed by atoms with Gasteiger partial charge in [-0.3, -0.25) is 9.69 Å². The molecule has 2 rings (SSSR count). The van der Waals surface area contributed by atoms with E-state index in [9.17, 15) is 9.59 Å². The van der Waals surface area contributed by atoms with Gasteiger partial charge in [-0.1, -0.05) is 62.3 Å². The van der Waals surface area contributed by atoms with Gasteiger partial charge in [0.2, 0.25) is 0 Å². The summed E-state index contributed by atoms with van der Waals surface area (Å²) in [6, 6.07) is 18.4. The van der Waals surface area contributed by atoms with E-state index in [0.717, 1.165) is 6.21 Å². The van der Waals surface area contributed by atoms with Crippen LogP contribution in [0.3, 0.4) is 0 Å². The van der Waals surface area contributed by atoms with Gasteiger partial charge in [0, 0.05) is 17.8 Å². The maximum atomic E-state index is 12.5. The Hall–Kier alpha value is -2.95. The number of oxime groups is 1. The molecule has 5 nitrogen and oxygen atoms in total. The van der Waals surface area contributed by atoms with Gasteiger partial charge >= 0.3 is 5.97 Å². The highest BCUT2D eigenvalue weighted by atomic mass is 16.7. The lowest BCUT2D eigenvalue weighted by Gasteiger charge is -2.20. The average molecular weight is 340 g/mol.